The predicted octanol–water partition coefficient (Wildman–Crippen LogP) is 6.42. The highest BCUT2D eigenvalue weighted by molar-refractivity contribution is 6.10. The van der Waals surface area contributed by atoms with E-state index in [4.69, 9.17) is 4.74 Å². The Labute approximate surface area is 248 Å². The van der Waals surface area contributed by atoms with Crippen LogP contribution in [-0.2, 0) is 14.4 Å². The van der Waals surface area contributed by atoms with Gasteiger partial charge in [0.05, 0.1) is 18.1 Å². The second kappa shape index (κ2) is 12.9. The van der Waals surface area contributed by atoms with Crippen LogP contribution < -0.4 is 15.4 Å². The smallest absolute Gasteiger partial charge is 0.235 e. The van der Waals surface area contributed by atoms with Crippen molar-refractivity contribution in [3.05, 3.63) is 88.5 Å². The van der Waals surface area contributed by atoms with Gasteiger partial charge in [0.15, 0.2) is 0 Å². The summed E-state index contributed by atoms with van der Waals surface area (Å²) in [5.41, 5.74) is 3.83. The molecule has 4 rings (SSSR count). The van der Waals surface area contributed by atoms with Gasteiger partial charge in [-0.3, -0.25) is 14.4 Å². The monoisotopic (exact) mass is 570 g/mol. The predicted molar refractivity (Wildman–Crippen MR) is 166 cm³/mol. The number of hydrogen-bond acceptors (Lipinski definition) is 5. The largest absolute Gasteiger partial charge is 0.494 e. The number of Topliss-reactive ketones (excluding diaryl/α,β-unsaturated/α-hetero) is 1. The highest BCUT2D eigenvalue weighted by Gasteiger charge is 2.56. The van der Waals surface area contributed by atoms with Crippen LogP contribution in [0.5, 0.6) is 5.75 Å². The number of carbonyl (C=O) groups excluding carboxylic acids is 3. The fourth-order valence-corrected chi connectivity index (χ4v) is 5.77. The van der Waals surface area contributed by atoms with E-state index in [0.29, 0.717) is 29.3 Å². The number of ketones is 1. The van der Waals surface area contributed by atoms with Crippen LogP contribution in [0.3, 0.4) is 0 Å². The number of hydrogen-bond donors (Lipinski definition) is 3. The third kappa shape index (κ3) is 6.90. The van der Waals surface area contributed by atoms with E-state index in [2.05, 4.69) is 17.6 Å². The van der Waals surface area contributed by atoms with Gasteiger partial charge in [-0.2, -0.15) is 0 Å². The normalized spacial score (nSPS) is 22.0. The zero-order valence-corrected chi connectivity index (χ0v) is 25.4. The first-order chi connectivity index (χ1) is 19.9. The van der Waals surface area contributed by atoms with Crippen molar-refractivity contribution in [2.45, 2.75) is 72.3 Å². The second-order valence-electron chi connectivity index (χ2n) is 11.9. The van der Waals surface area contributed by atoms with E-state index >= 15 is 0 Å². The Kier molecular flexibility index (Phi) is 9.52. The van der Waals surface area contributed by atoms with Gasteiger partial charge in [-0.25, -0.2) is 0 Å². The van der Waals surface area contributed by atoms with Crippen molar-refractivity contribution in [2.24, 2.45) is 11.8 Å². The molecule has 222 valence electrons. The number of rotatable bonds is 9. The van der Waals surface area contributed by atoms with Crippen LogP contribution in [0.2, 0.25) is 0 Å². The van der Waals surface area contributed by atoms with Crippen LogP contribution in [0.15, 0.2) is 60.7 Å². The van der Waals surface area contributed by atoms with Gasteiger partial charge in [0.2, 0.25) is 11.8 Å². The van der Waals surface area contributed by atoms with E-state index in [1.165, 1.54) is 6.92 Å². The van der Waals surface area contributed by atoms with Gasteiger partial charge in [-0.1, -0.05) is 49.7 Å². The third-order valence-electron chi connectivity index (χ3n) is 8.17. The number of carbonyl (C=O) groups is 3. The van der Waals surface area contributed by atoms with Crippen LogP contribution >= 0.6 is 0 Å². The average Bonchev–Trinajstić information content (AvgIpc) is 2.92. The molecule has 0 heterocycles. The van der Waals surface area contributed by atoms with E-state index in [1.54, 1.807) is 24.3 Å². The summed E-state index contributed by atoms with van der Waals surface area (Å²) in [5.74, 6) is -3.88. The zero-order valence-electron chi connectivity index (χ0n) is 25.4. The molecule has 1 fully saturated rings. The summed E-state index contributed by atoms with van der Waals surface area (Å²) in [6, 6.07) is 18.6. The van der Waals surface area contributed by atoms with E-state index in [1.807, 2.05) is 64.1 Å². The molecule has 3 aromatic rings. The molecule has 4 unspecified atom stereocenters. The number of aliphatic hydroxyl groups is 1. The molecule has 0 aromatic heterocycles. The lowest BCUT2D eigenvalue weighted by Gasteiger charge is -2.44. The van der Waals surface area contributed by atoms with Crippen LogP contribution in [0, 0.1) is 39.5 Å². The summed E-state index contributed by atoms with van der Waals surface area (Å²) < 4.78 is 5.83. The average molecular weight is 571 g/mol. The number of nitrogens with one attached hydrogen (secondary N) is 2. The Bertz CT molecular complexity index is 1460. The van der Waals surface area contributed by atoms with Crippen LogP contribution in [0.4, 0.5) is 11.4 Å². The lowest BCUT2D eigenvalue weighted by molar-refractivity contribution is -0.150. The first kappa shape index (κ1) is 31.0. The SMILES string of the molecule is CCCCOc1ccc(C2C(C(=O)Nc3cc(C)ccc3C)C(=O)CC(C)(O)C2C(=O)Nc2cc(C)ccc2C)cc1. The summed E-state index contributed by atoms with van der Waals surface area (Å²) in [4.78, 5) is 41.7. The summed E-state index contributed by atoms with van der Waals surface area (Å²) in [5, 5.41) is 17.6. The van der Waals surface area contributed by atoms with Gasteiger partial charge >= 0.3 is 0 Å². The fraction of sp³-hybridized carbons (Fsp3) is 0.400. The van der Waals surface area contributed by atoms with Gasteiger partial charge in [0.25, 0.3) is 0 Å². The molecule has 2 amide bonds. The number of unbranched alkanes of at least 4 members (excludes halogenated alkanes) is 1. The number of amides is 2. The zero-order chi connectivity index (χ0) is 30.6. The van der Waals surface area contributed by atoms with Gasteiger partial charge in [0.1, 0.15) is 17.5 Å². The Hall–Kier alpha value is -3.97. The van der Waals surface area contributed by atoms with Crippen LogP contribution in [0.1, 0.15) is 66.8 Å². The van der Waals surface area contributed by atoms with Gasteiger partial charge in [0, 0.05) is 23.7 Å². The lowest BCUT2D eigenvalue weighted by Crippen LogP contribution is -2.56. The maximum absolute atomic E-state index is 14.1. The first-order valence-corrected chi connectivity index (χ1v) is 14.7. The molecule has 1 aliphatic carbocycles. The Morgan fingerprint density at radius 2 is 1.43 bits per heavy atom. The quantitative estimate of drug-likeness (QED) is 0.204. The molecule has 0 saturated heterocycles. The van der Waals surface area contributed by atoms with E-state index in [0.717, 1.165) is 35.1 Å². The van der Waals surface area contributed by atoms with Crippen molar-refractivity contribution in [2.75, 3.05) is 17.2 Å². The summed E-state index contributed by atoms with van der Waals surface area (Å²) in [6.45, 7) is 11.8. The summed E-state index contributed by atoms with van der Waals surface area (Å²) >= 11 is 0. The van der Waals surface area contributed by atoms with Crippen molar-refractivity contribution in [3.63, 3.8) is 0 Å². The third-order valence-corrected chi connectivity index (χ3v) is 8.17. The maximum atomic E-state index is 14.1. The number of ether oxygens (including phenoxy) is 1. The topological polar surface area (TPSA) is 105 Å². The number of aryl methyl sites for hydroxylation is 4. The van der Waals surface area contributed by atoms with Gasteiger partial charge < -0.3 is 20.5 Å². The molecule has 0 bridgehead atoms. The summed E-state index contributed by atoms with van der Waals surface area (Å²) in [7, 11) is 0. The van der Waals surface area contributed by atoms with Gasteiger partial charge in [-0.05, 0) is 93.1 Å². The molecule has 1 saturated carbocycles. The Morgan fingerprint density at radius 1 is 0.881 bits per heavy atom. The second-order valence-corrected chi connectivity index (χ2v) is 11.9. The maximum Gasteiger partial charge on any atom is 0.235 e. The minimum atomic E-state index is -1.68. The minimum Gasteiger partial charge on any atom is -0.494 e. The molecule has 1 aliphatic rings. The molecule has 42 heavy (non-hydrogen) atoms. The minimum absolute atomic E-state index is 0.322. The standard InChI is InChI=1S/C35H42N2O5/c1-7-8-17-42-26-15-13-25(14-16-26)30-31(33(39)36-27-18-21(2)9-11-23(27)4)29(38)20-35(6,41)32(30)34(40)37-28-19-22(3)10-12-24(28)5/h9-16,18-19,30-32,41H,7-8,17,20H2,1-6H3,(H,36,39)(H,37,40). The van der Waals surface area contributed by atoms with Crippen molar-refractivity contribution in [3.8, 4) is 5.75 Å². The number of benzene rings is 3. The molecule has 0 aliphatic heterocycles. The Morgan fingerprint density at radius 3 is 1.98 bits per heavy atom. The number of anilines is 2. The van der Waals surface area contributed by atoms with Gasteiger partial charge in [-0.15, -0.1) is 0 Å². The van der Waals surface area contributed by atoms with E-state index < -0.39 is 41.0 Å². The van der Waals surface area contributed by atoms with Crippen molar-refractivity contribution >= 4 is 29.0 Å². The van der Waals surface area contributed by atoms with E-state index in [-0.39, 0.29) is 6.42 Å². The molecular formula is C35H42N2O5. The molecule has 3 aromatic carbocycles. The van der Waals surface area contributed by atoms with Crippen molar-refractivity contribution < 1.29 is 24.2 Å². The Balaban J connectivity index is 1.77. The van der Waals surface area contributed by atoms with Crippen LogP contribution in [0.25, 0.3) is 0 Å². The summed E-state index contributed by atoms with van der Waals surface area (Å²) in [6.07, 6.45) is 1.60. The molecule has 7 heteroatoms. The first-order valence-electron chi connectivity index (χ1n) is 14.7. The fourth-order valence-electron chi connectivity index (χ4n) is 5.77. The molecule has 7 nitrogen and oxygen atoms in total. The van der Waals surface area contributed by atoms with Crippen molar-refractivity contribution in [1.29, 1.82) is 0 Å². The van der Waals surface area contributed by atoms with Crippen LogP contribution in [-0.4, -0.2) is 34.9 Å². The molecule has 3 N–H and O–H groups in total. The molecule has 0 spiro atoms. The molecule has 4 atom stereocenters. The highest BCUT2D eigenvalue weighted by Crippen LogP contribution is 2.47. The molecular weight excluding hydrogens is 528 g/mol. The van der Waals surface area contributed by atoms with E-state index in [9.17, 15) is 19.5 Å². The highest BCUT2D eigenvalue weighted by atomic mass is 16.5. The molecule has 0 radical (unpaired) electrons. The lowest BCUT2D eigenvalue weighted by atomic mass is 9.61. The van der Waals surface area contributed by atoms with Crippen molar-refractivity contribution in [1.82, 2.24) is 0 Å².